The first-order valence-electron chi connectivity index (χ1n) is 8.21. The van der Waals surface area contributed by atoms with Crippen molar-refractivity contribution in [3.63, 3.8) is 0 Å². The van der Waals surface area contributed by atoms with Crippen molar-refractivity contribution in [2.75, 3.05) is 24.2 Å². The number of urea groups is 1. The summed E-state index contributed by atoms with van der Waals surface area (Å²) in [5.74, 6) is 1.27. The third-order valence-electron chi connectivity index (χ3n) is 4.55. The summed E-state index contributed by atoms with van der Waals surface area (Å²) in [4.78, 5) is 14.5. The second-order valence-electron chi connectivity index (χ2n) is 6.41. The van der Waals surface area contributed by atoms with Gasteiger partial charge < -0.3 is 20.7 Å². The molecule has 3 N–H and O–H groups in total. The van der Waals surface area contributed by atoms with Crippen LogP contribution in [0.1, 0.15) is 30.0 Å². The highest BCUT2D eigenvalue weighted by atomic mass is 16.5. The second kappa shape index (κ2) is 5.74. The van der Waals surface area contributed by atoms with Gasteiger partial charge in [0.15, 0.2) is 0 Å². The van der Waals surface area contributed by atoms with Gasteiger partial charge in [0.05, 0.1) is 30.7 Å². The average molecular weight is 327 g/mol. The number of rotatable bonds is 2. The van der Waals surface area contributed by atoms with Crippen molar-refractivity contribution in [3.05, 3.63) is 35.7 Å². The quantitative estimate of drug-likeness (QED) is 0.829. The predicted octanol–water partition coefficient (Wildman–Crippen LogP) is 2.31. The molecule has 2 heterocycles. The van der Waals surface area contributed by atoms with Crippen molar-refractivity contribution < 1.29 is 9.53 Å². The minimum absolute atomic E-state index is 0.127. The number of nitrogens with two attached hydrogens (primary N) is 1. The van der Waals surface area contributed by atoms with E-state index < -0.39 is 0 Å². The van der Waals surface area contributed by atoms with E-state index in [1.54, 1.807) is 11.1 Å². The van der Waals surface area contributed by atoms with Crippen LogP contribution in [0, 0.1) is 0 Å². The number of ether oxygens (including phenoxy) is 1. The zero-order valence-corrected chi connectivity index (χ0v) is 13.7. The SMILES string of the molecule is Cn1ncc(NC(=O)N2CCOc3cc(N)ccc3C2)c1C1CC1. The van der Waals surface area contributed by atoms with E-state index >= 15 is 0 Å². The highest BCUT2D eigenvalue weighted by molar-refractivity contribution is 5.90. The third kappa shape index (κ3) is 2.77. The van der Waals surface area contributed by atoms with Gasteiger partial charge in [0.25, 0.3) is 0 Å². The molecule has 0 saturated heterocycles. The molecular weight excluding hydrogens is 306 g/mol. The lowest BCUT2D eigenvalue weighted by Gasteiger charge is -2.20. The summed E-state index contributed by atoms with van der Waals surface area (Å²) in [6.45, 7) is 1.48. The number of hydrogen-bond acceptors (Lipinski definition) is 4. The summed E-state index contributed by atoms with van der Waals surface area (Å²) in [5, 5.41) is 7.30. The number of nitrogens with one attached hydrogen (secondary N) is 1. The predicted molar refractivity (Wildman–Crippen MR) is 91.0 cm³/mol. The summed E-state index contributed by atoms with van der Waals surface area (Å²) < 4.78 is 7.58. The monoisotopic (exact) mass is 327 g/mol. The Morgan fingerprint density at radius 2 is 2.25 bits per heavy atom. The van der Waals surface area contributed by atoms with Gasteiger partial charge in [-0.25, -0.2) is 4.79 Å². The summed E-state index contributed by atoms with van der Waals surface area (Å²) in [7, 11) is 1.92. The summed E-state index contributed by atoms with van der Waals surface area (Å²) in [6.07, 6.45) is 4.05. The Labute approximate surface area is 140 Å². The number of amides is 2. The first-order valence-corrected chi connectivity index (χ1v) is 8.21. The van der Waals surface area contributed by atoms with Crippen molar-refractivity contribution >= 4 is 17.4 Å². The highest BCUT2D eigenvalue weighted by Gasteiger charge is 2.30. The van der Waals surface area contributed by atoms with Crippen molar-refractivity contribution in [1.82, 2.24) is 14.7 Å². The van der Waals surface area contributed by atoms with Gasteiger partial charge >= 0.3 is 6.03 Å². The van der Waals surface area contributed by atoms with Crippen LogP contribution in [0.5, 0.6) is 5.75 Å². The van der Waals surface area contributed by atoms with Gasteiger partial charge in [-0.3, -0.25) is 4.68 Å². The van der Waals surface area contributed by atoms with Crippen LogP contribution in [-0.2, 0) is 13.6 Å². The number of benzene rings is 1. The Hall–Kier alpha value is -2.70. The van der Waals surface area contributed by atoms with E-state index in [0.29, 0.717) is 31.3 Å². The first-order chi connectivity index (χ1) is 11.6. The summed E-state index contributed by atoms with van der Waals surface area (Å²) in [5.41, 5.74) is 9.35. The van der Waals surface area contributed by atoms with Crippen LogP contribution in [-0.4, -0.2) is 33.9 Å². The van der Waals surface area contributed by atoms with Gasteiger partial charge in [-0.1, -0.05) is 6.07 Å². The maximum atomic E-state index is 12.7. The number of aromatic nitrogens is 2. The number of nitrogens with zero attached hydrogens (tertiary/aromatic N) is 3. The zero-order valence-electron chi connectivity index (χ0n) is 13.7. The molecule has 7 nitrogen and oxygen atoms in total. The smallest absolute Gasteiger partial charge is 0.322 e. The average Bonchev–Trinajstić information content (AvgIpc) is 3.34. The van der Waals surface area contributed by atoms with E-state index in [1.807, 2.05) is 29.9 Å². The van der Waals surface area contributed by atoms with E-state index in [1.165, 1.54) is 0 Å². The molecule has 1 aromatic carbocycles. The molecule has 2 amide bonds. The van der Waals surface area contributed by atoms with Crippen molar-refractivity contribution in [3.8, 4) is 5.75 Å². The maximum Gasteiger partial charge on any atom is 0.322 e. The molecule has 1 aromatic heterocycles. The lowest BCUT2D eigenvalue weighted by molar-refractivity contribution is 0.200. The summed E-state index contributed by atoms with van der Waals surface area (Å²) >= 11 is 0. The van der Waals surface area contributed by atoms with Crippen molar-refractivity contribution in [2.24, 2.45) is 7.05 Å². The van der Waals surface area contributed by atoms with Crippen molar-refractivity contribution in [1.29, 1.82) is 0 Å². The van der Waals surface area contributed by atoms with E-state index in [4.69, 9.17) is 10.5 Å². The molecule has 2 aliphatic rings. The molecule has 0 atom stereocenters. The number of hydrogen-bond donors (Lipinski definition) is 2. The van der Waals surface area contributed by atoms with Crippen LogP contribution in [0.15, 0.2) is 24.4 Å². The highest BCUT2D eigenvalue weighted by Crippen LogP contribution is 2.43. The second-order valence-corrected chi connectivity index (χ2v) is 6.41. The van der Waals surface area contributed by atoms with Gasteiger partial charge in [0.2, 0.25) is 0 Å². The van der Waals surface area contributed by atoms with Gasteiger partial charge in [-0.2, -0.15) is 5.10 Å². The molecule has 2 aromatic rings. The zero-order chi connectivity index (χ0) is 16.7. The van der Waals surface area contributed by atoms with Gasteiger partial charge in [-0.15, -0.1) is 0 Å². The molecule has 1 fully saturated rings. The van der Waals surface area contributed by atoms with Crippen LogP contribution in [0.3, 0.4) is 0 Å². The number of carbonyl (C=O) groups excluding carboxylic acids is 1. The molecule has 24 heavy (non-hydrogen) atoms. The number of anilines is 2. The maximum absolute atomic E-state index is 12.7. The Bertz CT molecular complexity index is 781. The molecule has 1 aliphatic carbocycles. The van der Waals surface area contributed by atoms with Crippen LogP contribution >= 0.6 is 0 Å². The van der Waals surface area contributed by atoms with Crippen LogP contribution < -0.4 is 15.8 Å². The van der Waals surface area contributed by atoms with Crippen LogP contribution in [0.2, 0.25) is 0 Å². The van der Waals surface area contributed by atoms with Gasteiger partial charge in [-0.05, 0) is 18.9 Å². The molecule has 126 valence electrons. The molecule has 1 saturated carbocycles. The molecule has 0 bridgehead atoms. The largest absolute Gasteiger partial charge is 0.491 e. The lowest BCUT2D eigenvalue weighted by Crippen LogP contribution is -2.36. The molecule has 0 radical (unpaired) electrons. The van der Waals surface area contributed by atoms with Crippen LogP contribution in [0.25, 0.3) is 0 Å². The number of aryl methyl sites for hydroxylation is 1. The Balaban J connectivity index is 1.51. The van der Waals surface area contributed by atoms with E-state index in [9.17, 15) is 4.79 Å². The van der Waals surface area contributed by atoms with Crippen molar-refractivity contribution in [2.45, 2.75) is 25.3 Å². The molecule has 1 aliphatic heterocycles. The Morgan fingerprint density at radius 1 is 1.42 bits per heavy atom. The van der Waals surface area contributed by atoms with Gasteiger partial charge in [0, 0.05) is 30.3 Å². The topological polar surface area (TPSA) is 85.4 Å². The fourth-order valence-electron chi connectivity index (χ4n) is 3.14. The molecular formula is C17H21N5O2. The minimum Gasteiger partial charge on any atom is -0.491 e. The number of fused-ring (bicyclic) bond motifs is 1. The number of nitrogen functional groups attached to an aromatic ring is 1. The van der Waals surface area contributed by atoms with Crippen LogP contribution in [0.4, 0.5) is 16.2 Å². The molecule has 4 rings (SSSR count). The fourth-order valence-corrected chi connectivity index (χ4v) is 3.14. The summed E-state index contributed by atoms with van der Waals surface area (Å²) in [6, 6.07) is 5.42. The van der Waals surface area contributed by atoms with Gasteiger partial charge in [0.1, 0.15) is 12.4 Å². The van der Waals surface area contributed by atoms with E-state index in [-0.39, 0.29) is 6.03 Å². The molecule has 0 spiro atoms. The molecule has 7 heteroatoms. The number of carbonyl (C=O) groups is 1. The normalized spacial score (nSPS) is 17.0. The first kappa shape index (κ1) is 14.9. The van der Waals surface area contributed by atoms with E-state index in [0.717, 1.165) is 35.5 Å². The Kier molecular flexibility index (Phi) is 3.55. The Morgan fingerprint density at radius 3 is 3.04 bits per heavy atom. The third-order valence-corrected chi connectivity index (χ3v) is 4.55. The fraction of sp³-hybridized carbons (Fsp3) is 0.412. The standard InChI is InChI=1S/C17H21N5O2/c1-21-16(11-2-3-11)14(9-19-21)20-17(23)22-6-7-24-15-8-13(18)5-4-12(15)10-22/h4-5,8-9,11H,2-3,6-7,10,18H2,1H3,(H,20,23). The van der Waals surface area contributed by atoms with E-state index in [2.05, 4.69) is 10.4 Å². The minimum atomic E-state index is -0.127. The lowest BCUT2D eigenvalue weighted by atomic mass is 10.1. The molecule has 0 unspecified atom stereocenters.